The second-order valence-corrected chi connectivity index (χ2v) is 4.75. The van der Waals surface area contributed by atoms with Crippen molar-refractivity contribution in [2.24, 2.45) is 5.10 Å². The molecular weight excluding hydrogens is 294 g/mol. The van der Waals surface area contributed by atoms with Gasteiger partial charge in [0.25, 0.3) is 0 Å². The molecule has 1 aliphatic heterocycles. The van der Waals surface area contributed by atoms with Gasteiger partial charge in [-0.05, 0) is 24.3 Å². The Balaban J connectivity index is 1.96. The number of benzene rings is 2. The van der Waals surface area contributed by atoms with E-state index in [-0.39, 0.29) is 5.71 Å². The Kier molecular flexibility index (Phi) is 3.45. The molecule has 21 heavy (non-hydrogen) atoms. The van der Waals surface area contributed by atoms with Gasteiger partial charge in [-0.25, -0.2) is 0 Å². The molecular formula is C14H10ClN3O3. The van der Waals surface area contributed by atoms with Crippen LogP contribution in [0.15, 0.2) is 53.6 Å². The zero-order chi connectivity index (χ0) is 14.8. The lowest BCUT2D eigenvalue weighted by molar-refractivity contribution is -0.538. The maximum Gasteiger partial charge on any atom is 0.400 e. The number of hydrazone groups is 1. The van der Waals surface area contributed by atoms with Gasteiger partial charge in [-0.3, -0.25) is 15.5 Å². The van der Waals surface area contributed by atoms with Crippen molar-refractivity contribution in [2.45, 2.75) is 6.23 Å². The molecule has 0 amide bonds. The highest BCUT2D eigenvalue weighted by Gasteiger charge is 2.39. The molecule has 0 bridgehead atoms. The summed E-state index contributed by atoms with van der Waals surface area (Å²) in [5.74, 6) is 0.443. The molecule has 0 saturated carbocycles. The molecule has 0 aromatic heterocycles. The van der Waals surface area contributed by atoms with Crippen molar-refractivity contribution in [1.82, 2.24) is 0 Å². The zero-order valence-electron chi connectivity index (χ0n) is 10.7. The van der Waals surface area contributed by atoms with Crippen molar-refractivity contribution in [3.63, 3.8) is 0 Å². The monoisotopic (exact) mass is 303 g/mol. The number of halogens is 1. The molecule has 6 nitrogen and oxygen atoms in total. The normalized spacial score (nSPS) is 18.1. The lowest BCUT2D eigenvalue weighted by atomic mass is 10.1. The first kappa shape index (κ1) is 13.4. The summed E-state index contributed by atoms with van der Waals surface area (Å²) < 4.78 is 5.30. The third-order valence-corrected chi connectivity index (χ3v) is 3.33. The van der Waals surface area contributed by atoms with Crippen molar-refractivity contribution < 1.29 is 9.66 Å². The fourth-order valence-corrected chi connectivity index (χ4v) is 2.20. The molecule has 1 atom stereocenters. The number of anilines is 1. The molecule has 0 aliphatic carbocycles. The van der Waals surface area contributed by atoms with E-state index in [1.54, 1.807) is 48.5 Å². The lowest BCUT2D eigenvalue weighted by Gasteiger charge is -2.05. The Bertz CT molecular complexity index is 733. The topological polar surface area (TPSA) is 76.8 Å². The van der Waals surface area contributed by atoms with Crippen LogP contribution in [0.1, 0.15) is 5.56 Å². The summed E-state index contributed by atoms with van der Waals surface area (Å²) in [5.41, 5.74) is 4.13. The van der Waals surface area contributed by atoms with Crippen LogP contribution >= 0.6 is 11.6 Å². The van der Waals surface area contributed by atoms with Crippen molar-refractivity contribution in [3.05, 3.63) is 69.2 Å². The Morgan fingerprint density at radius 3 is 2.67 bits per heavy atom. The van der Waals surface area contributed by atoms with E-state index in [1.165, 1.54) is 0 Å². The van der Waals surface area contributed by atoms with Crippen LogP contribution in [0.2, 0.25) is 5.02 Å². The van der Waals surface area contributed by atoms with E-state index >= 15 is 0 Å². The first-order chi connectivity index (χ1) is 10.2. The number of hydrogen-bond donors (Lipinski definition) is 1. The first-order valence-electron chi connectivity index (χ1n) is 6.14. The van der Waals surface area contributed by atoms with Gasteiger partial charge in [0.05, 0.1) is 21.2 Å². The smallest absolute Gasteiger partial charge is 0.400 e. The van der Waals surface area contributed by atoms with E-state index in [0.717, 1.165) is 0 Å². The second kappa shape index (κ2) is 5.41. The van der Waals surface area contributed by atoms with Gasteiger partial charge >= 0.3 is 6.23 Å². The van der Waals surface area contributed by atoms with Crippen LogP contribution in [-0.2, 0) is 0 Å². The van der Waals surface area contributed by atoms with Crippen LogP contribution in [0.5, 0.6) is 5.75 Å². The molecule has 3 rings (SSSR count). The van der Waals surface area contributed by atoms with Gasteiger partial charge in [0.2, 0.25) is 0 Å². The van der Waals surface area contributed by atoms with Crippen molar-refractivity contribution in [1.29, 1.82) is 0 Å². The van der Waals surface area contributed by atoms with Crippen LogP contribution in [0.25, 0.3) is 0 Å². The van der Waals surface area contributed by atoms with E-state index in [2.05, 4.69) is 10.5 Å². The fraction of sp³-hybridized carbons (Fsp3) is 0.0714. The molecule has 0 saturated heterocycles. The van der Waals surface area contributed by atoms with Crippen LogP contribution in [0.3, 0.4) is 0 Å². The molecule has 0 spiro atoms. The van der Waals surface area contributed by atoms with Gasteiger partial charge in [-0.1, -0.05) is 35.9 Å². The molecule has 0 radical (unpaired) electrons. The number of fused-ring (bicyclic) bond motifs is 1. The van der Waals surface area contributed by atoms with Gasteiger partial charge < -0.3 is 4.74 Å². The minimum atomic E-state index is -1.32. The lowest BCUT2D eigenvalue weighted by Crippen LogP contribution is -2.31. The second-order valence-electron chi connectivity index (χ2n) is 4.34. The number of para-hydroxylation sites is 2. The first-order valence-corrected chi connectivity index (χ1v) is 6.52. The predicted octanol–water partition coefficient (Wildman–Crippen LogP) is 3.15. The largest absolute Gasteiger partial charge is 0.424 e. The molecule has 1 aliphatic rings. The Morgan fingerprint density at radius 1 is 1.19 bits per heavy atom. The number of nitrogens with one attached hydrogen (secondary N) is 1. The highest BCUT2D eigenvalue weighted by atomic mass is 35.5. The summed E-state index contributed by atoms with van der Waals surface area (Å²) in [5, 5.41) is 15.7. The fourth-order valence-electron chi connectivity index (χ4n) is 2.02. The van der Waals surface area contributed by atoms with Crippen LogP contribution in [0, 0.1) is 10.1 Å². The minimum Gasteiger partial charge on any atom is -0.424 e. The highest BCUT2D eigenvalue weighted by Crippen LogP contribution is 2.29. The molecule has 0 fully saturated rings. The molecule has 1 N–H and O–H groups in total. The maximum absolute atomic E-state index is 11.1. The van der Waals surface area contributed by atoms with Gasteiger partial charge in [-0.15, -0.1) is 0 Å². The summed E-state index contributed by atoms with van der Waals surface area (Å²) in [6.45, 7) is 0. The van der Waals surface area contributed by atoms with E-state index in [9.17, 15) is 10.1 Å². The van der Waals surface area contributed by atoms with Gasteiger partial charge in [0, 0.05) is 0 Å². The van der Waals surface area contributed by atoms with E-state index in [4.69, 9.17) is 16.3 Å². The maximum atomic E-state index is 11.1. The van der Waals surface area contributed by atoms with Gasteiger partial charge in [0.15, 0.2) is 5.71 Å². The Hall–Kier alpha value is -2.60. The van der Waals surface area contributed by atoms with Crippen LogP contribution in [0.4, 0.5) is 5.69 Å². The predicted molar refractivity (Wildman–Crippen MR) is 79.5 cm³/mol. The molecule has 2 aromatic carbocycles. The van der Waals surface area contributed by atoms with Crippen molar-refractivity contribution in [3.8, 4) is 5.75 Å². The molecule has 7 heteroatoms. The van der Waals surface area contributed by atoms with E-state index < -0.39 is 11.2 Å². The number of ether oxygens (including phenoxy) is 1. The number of hydrogen-bond acceptors (Lipinski definition) is 5. The summed E-state index contributed by atoms with van der Waals surface area (Å²) in [6, 6.07) is 13.9. The summed E-state index contributed by atoms with van der Waals surface area (Å²) in [4.78, 5) is 10.6. The van der Waals surface area contributed by atoms with Gasteiger partial charge in [0.1, 0.15) is 5.75 Å². The van der Waals surface area contributed by atoms with E-state index in [1.807, 2.05) is 0 Å². The Morgan fingerprint density at radius 2 is 1.90 bits per heavy atom. The molecule has 2 aromatic rings. The minimum absolute atomic E-state index is 0.218. The third-order valence-electron chi connectivity index (χ3n) is 3.00. The molecule has 1 heterocycles. The summed E-state index contributed by atoms with van der Waals surface area (Å²) in [6.07, 6.45) is -1.32. The average Bonchev–Trinajstić information content (AvgIpc) is 2.85. The van der Waals surface area contributed by atoms with Crippen LogP contribution < -0.4 is 10.2 Å². The molecule has 106 valence electrons. The zero-order valence-corrected chi connectivity index (χ0v) is 11.4. The van der Waals surface area contributed by atoms with Crippen molar-refractivity contribution in [2.75, 3.05) is 5.43 Å². The number of rotatable bonds is 3. The Labute approximate surface area is 125 Å². The molecule has 1 unspecified atom stereocenters. The standard InChI is InChI=1S/C14H10ClN3O3/c15-10-6-2-3-7-11(10)16-17-13-9-5-1-4-8-12(9)21-14(13)18(19)20/h1-8,14,16H/b17-13+. The SMILES string of the molecule is O=[N+]([O-])C1Oc2ccccc2/C1=N\Nc1ccccc1Cl. The highest BCUT2D eigenvalue weighted by molar-refractivity contribution is 6.33. The summed E-state index contributed by atoms with van der Waals surface area (Å²) >= 11 is 6.01. The average molecular weight is 304 g/mol. The summed E-state index contributed by atoms with van der Waals surface area (Å²) in [7, 11) is 0. The van der Waals surface area contributed by atoms with Crippen molar-refractivity contribution >= 4 is 23.0 Å². The number of nitrogens with zero attached hydrogens (tertiary/aromatic N) is 2. The van der Waals surface area contributed by atoms with E-state index in [0.29, 0.717) is 22.0 Å². The number of nitro groups is 1. The van der Waals surface area contributed by atoms with Crippen LogP contribution in [-0.4, -0.2) is 16.9 Å². The van der Waals surface area contributed by atoms with Gasteiger partial charge in [-0.2, -0.15) is 5.10 Å². The quantitative estimate of drug-likeness (QED) is 0.698. The third kappa shape index (κ3) is 2.53.